The number of fused-ring (bicyclic) bond motifs is 4. The summed E-state index contributed by atoms with van der Waals surface area (Å²) in [4.78, 5) is 4.03. The van der Waals surface area contributed by atoms with Crippen LogP contribution in [0.1, 0.15) is 0 Å². The summed E-state index contributed by atoms with van der Waals surface area (Å²) in [6.07, 6.45) is 0. The van der Waals surface area contributed by atoms with E-state index in [0.29, 0.717) is 0 Å². The average Bonchev–Trinajstić information content (AvgIpc) is 3.64. The molecule has 0 atom stereocenters. The molecule has 6 aromatic carbocycles. The van der Waals surface area contributed by atoms with Crippen LogP contribution >= 0.6 is 27.3 Å². The van der Waals surface area contributed by atoms with Crippen molar-refractivity contribution >= 4 is 75.5 Å². The molecule has 0 aliphatic heterocycles. The minimum Gasteiger partial charge on any atom is -0.310 e. The minimum absolute atomic E-state index is 0.879. The van der Waals surface area contributed by atoms with Crippen molar-refractivity contribution in [1.29, 1.82) is 0 Å². The summed E-state index contributed by atoms with van der Waals surface area (Å²) in [6.45, 7) is 0. The third-order valence-electron chi connectivity index (χ3n) is 7.53. The molecule has 0 aliphatic rings. The van der Waals surface area contributed by atoms with Gasteiger partial charge in [0.25, 0.3) is 0 Å². The fraction of sp³-hybridized carbons (Fsp3) is 0. The molecule has 0 radical (unpaired) electrons. The van der Waals surface area contributed by atoms with Gasteiger partial charge in [-0.1, -0.05) is 70.5 Å². The van der Waals surface area contributed by atoms with E-state index >= 15 is 0 Å². The molecule has 200 valence electrons. The lowest BCUT2D eigenvalue weighted by Crippen LogP contribution is -2.10. The number of rotatable bonds is 5. The molecule has 2 heterocycles. The van der Waals surface area contributed by atoms with E-state index in [9.17, 15) is 0 Å². The second-order valence-corrected chi connectivity index (χ2v) is 12.2. The van der Waals surface area contributed by atoms with Gasteiger partial charge < -0.3 is 4.90 Å². The van der Waals surface area contributed by atoms with Crippen LogP contribution in [-0.4, -0.2) is 15.0 Å². The van der Waals surface area contributed by atoms with Crippen LogP contribution in [0.3, 0.4) is 0 Å². The van der Waals surface area contributed by atoms with Crippen molar-refractivity contribution in [3.63, 3.8) is 0 Å². The minimum atomic E-state index is 0.879. The molecule has 0 saturated heterocycles. The molecule has 0 unspecified atom stereocenters. The highest BCUT2D eigenvalue weighted by molar-refractivity contribution is 9.10. The monoisotopic (exact) mass is 622 g/mol. The molecule has 0 saturated carbocycles. The van der Waals surface area contributed by atoms with Crippen molar-refractivity contribution in [3.8, 4) is 16.8 Å². The summed E-state index contributed by atoms with van der Waals surface area (Å²) in [6, 6.07) is 49.0. The van der Waals surface area contributed by atoms with Gasteiger partial charge in [-0.15, -0.1) is 21.5 Å². The Kier molecular flexibility index (Phi) is 6.09. The number of halogens is 1. The molecule has 42 heavy (non-hydrogen) atoms. The molecule has 0 aliphatic carbocycles. The normalized spacial score (nSPS) is 11.5. The zero-order valence-corrected chi connectivity index (χ0v) is 24.8. The summed E-state index contributed by atoms with van der Waals surface area (Å²) in [5.74, 6) is 0. The number of benzene rings is 6. The highest BCUT2D eigenvalue weighted by Crippen LogP contribution is 2.41. The summed E-state index contributed by atoms with van der Waals surface area (Å²) < 4.78 is 3.66. The summed E-state index contributed by atoms with van der Waals surface area (Å²) in [5, 5.41) is 11.9. The van der Waals surface area contributed by atoms with Crippen LogP contribution in [0.25, 0.3) is 48.0 Å². The molecule has 0 spiro atoms. The van der Waals surface area contributed by atoms with Gasteiger partial charge in [0.2, 0.25) is 0 Å². The molecule has 0 N–H and O–H groups in total. The van der Waals surface area contributed by atoms with E-state index in [1.54, 1.807) is 4.80 Å². The van der Waals surface area contributed by atoms with Gasteiger partial charge in [0.15, 0.2) is 0 Å². The van der Waals surface area contributed by atoms with Crippen LogP contribution in [0.2, 0.25) is 0 Å². The van der Waals surface area contributed by atoms with Gasteiger partial charge >= 0.3 is 0 Å². The van der Waals surface area contributed by atoms with Crippen molar-refractivity contribution in [2.24, 2.45) is 0 Å². The lowest BCUT2D eigenvalue weighted by Gasteiger charge is -2.26. The first-order valence-corrected chi connectivity index (χ1v) is 15.3. The van der Waals surface area contributed by atoms with Crippen LogP contribution in [-0.2, 0) is 0 Å². The predicted molar refractivity (Wildman–Crippen MR) is 180 cm³/mol. The van der Waals surface area contributed by atoms with Gasteiger partial charge in [-0.25, -0.2) is 0 Å². The summed E-state index contributed by atoms with van der Waals surface area (Å²) in [5.41, 5.74) is 8.26. The maximum atomic E-state index is 4.67. The predicted octanol–water partition coefficient (Wildman–Crippen LogP) is 10.7. The molecule has 8 aromatic rings. The lowest BCUT2D eigenvalue weighted by molar-refractivity contribution is 0.766. The third-order valence-corrected chi connectivity index (χ3v) is 9.21. The van der Waals surface area contributed by atoms with E-state index in [4.69, 9.17) is 0 Å². The van der Waals surface area contributed by atoms with Crippen LogP contribution in [0.15, 0.2) is 144 Å². The van der Waals surface area contributed by atoms with Crippen LogP contribution in [0.4, 0.5) is 17.1 Å². The fourth-order valence-corrected chi connectivity index (χ4v) is 6.83. The Hall–Kier alpha value is -4.78. The van der Waals surface area contributed by atoms with Crippen molar-refractivity contribution in [3.05, 3.63) is 144 Å². The molecular weight excluding hydrogens is 600 g/mol. The van der Waals surface area contributed by atoms with E-state index in [-0.39, 0.29) is 0 Å². The molecule has 2 aromatic heterocycles. The van der Waals surface area contributed by atoms with E-state index in [1.807, 2.05) is 35.6 Å². The van der Waals surface area contributed by atoms with Gasteiger partial charge in [-0.3, -0.25) is 0 Å². The van der Waals surface area contributed by atoms with Crippen LogP contribution in [0, 0.1) is 0 Å². The van der Waals surface area contributed by atoms with Crippen molar-refractivity contribution in [2.75, 3.05) is 4.90 Å². The zero-order valence-electron chi connectivity index (χ0n) is 22.4. The molecule has 8 rings (SSSR count). The molecule has 0 amide bonds. The molecule has 6 heteroatoms. The zero-order chi connectivity index (χ0) is 28.0. The quantitative estimate of drug-likeness (QED) is 0.191. The van der Waals surface area contributed by atoms with E-state index in [1.165, 1.54) is 25.7 Å². The van der Waals surface area contributed by atoms with Crippen LogP contribution in [0.5, 0.6) is 0 Å². The van der Waals surface area contributed by atoms with E-state index in [2.05, 4.69) is 146 Å². The fourth-order valence-electron chi connectivity index (χ4n) is 5.48. The Morgan fingerprint density at radius 1 is 0.524 bits per heavy atom. The van der Waals surface area contributed by atoms with Gasteiger partial charge in [0.05, 0.1) is 5.69 Å². The maximum absolute atomic E-state index is 4.67. The van der Waals surface area contributed by atoms with Crippen LogP contribution < -0.4 is 4.90 Å². The Labute approximate surface area is 255 Å². The highest BCUT2D eigenvalue weighted by Gasteiger charge is 2.16. The average molecular weight is 624 g/mol. The van der Waals surface area contributed by atoms with Gasteiger partial charge in [0, 0.05) is 41.7 Å². The van der Waals surface area contributed by atoms with Crippen molar-refractivity contribution < 1.29 is 0 Å². The Balaban J connectivity index is 1.27. The SMILES string of the molecule is Brc1ccc(-c2cccc(N(c3ccc(-n4nc5ccccc5n4)cc3)c3ccc4sc5ccccc5c4c3)c2)cc1. The summed E-state index contributed by atoms with van der Waals surface area (Å²) in [7, 11) is 0. The number of hydrogen-bond donors (Lipinski definition) is 0. The van der Waals surface area contributed by atoms with Crippen molar-refractivity contribution in [1.82, 2.24) is 15.0 Å². The Bertz CT molecular complexity index is 2180. The van der Waals surface area contributed by atoms with E-state index < -0.39 is 0 Å². The topological polar surface area (TPSA) is 34.0 Å². The Morgan fingerprint density at radius 3 is 1.98 bits per heavy atom. The smallest absolute Gasteiger partial charge is 0.113 e. The second-order valence-electron chi connectivity index (χ2n) is 10.2. The maximum Gasteiger partial charge on any atom is 0.113 e. The largest absolute Gasteiger partial charge is 0.310 e. The first-order chi connectivity index (χ1) is 20.7. The highest BCUT2D eigenvalue weighted by atomic mass is 79.9. The second kappa shape index (κ2) is 10.2. The molecule has 4 nitrogen and oxygen atoms in total. The molecule has 0 bridgehead atoms. The number of anilines is 3. The molecular formula is C36H23BrN4S. The number of nitrogens with zero attached hydrogens (tertiary/aromatic N) is 4. The van der Waals surface area contributed by atoms with Crippen molar-refractivity contribution in [2.45, 2.75) is 0 Å². The number of aromatic nitrogens is 3. The number of thiophene rings is 1. The lowest BCUT2D eigenvalue weighted by atomic mass is 10.0. The van der Waals surface area contributed by atoms with E-state index in [0.717, 1.165) is 43.8 Å². The first kappa shape index (κ1) is 25.0. The first-order valence-electron chi connectivity index (χ1n) is 13.7. The Morgan fingerprint density at radius 2 is 1.19 bits per heavy atom. The van der Waals surface area contributed by atoms with Gasteiger partial charge in [-0.2, -0.15) is 4.80 Å². The summed E-state index contributed by atoms with van der Waals surface area (Å²) >= 11 is 5.40. The van der Waals surface area contributed by atoms with Gasteiger partial charge in [-0.05, 0) is 96.1 Å². The standard InChI is InChI=1S/C36H23BrN4S/c37-26-14-12-24(13-15-26)25-6-5-7-29(22-25)40(30-20-21-36-32(23-30)31-8-1-4-11-35(31)42-36)27-16-18-28(19-17-27)41-38-33-9-2-3-10-34(33)39-41/h1-23H. The number of hydrogen-bond acceptors (Lipinski definition) is 4. The third kappa shape index (κ3) is 4.45. The molecule has 0 fully saturated rings. The van der Waals surface area contributed by atoms with Gasteiger partial charge in [0.1, 0.15) is 11.0 Å².